The fourth-order valence-corrected chi connectivity index (χ4v) is 2.68. The van der Waals surface area contributed by atoms with Gasteiger partial charge in [-0.2, -0.15) is 0 Å². The van der Waals surface area contributed by atoms with E-state index in [4.69, 9.17) is 4.74 Å². The smallest absolute Gasteiger partial charge is 0.323 e. The standard InChI is InChI=1S/C15H30N2O2/c1-6-19-14(18)13(16-5)8-10-17-9-7-12(11-17)15(2,3)4/h12-13,16H,6-11H2,1-5H3. The summed E-state index contributed by atoms with van der Waals surface area (Å²) in [7, 11) is 1.82. The molecule has 0 radical (unpaired) electrons. The molecule has 0 aromatic rings. The van der Waals surface area contributed by atoms with E-state index in [-0.39, 0.29) is 12.0 Å². The zero-order valence-corrected chi connectivity index (χ0v) is 13.2. The van der Waals surface area contributed by atoms with Gasteiger partial charge in [0, 0.05) is 13.1 Å². The summed E-state index contributed by atoms with van der Waals surface area (Å²) in [6.07, 6.45) is 2.10. The van der Waals surface area contributed by atoms with Gasteiger partial charge in [-0.05, 0) is 44.7 Å². The van der Waals surface area contributed by atoms with E-state index in [1.165, 1.54) is 6.42 Å². The number of rotatable bonds is 6. The van der Waals surface area contributed by atoms with Crippen molar-refractivity contribution in [2.75, 3.05) is 33.3 Å². The van der Waals surface area contributed by atoms with Crippen LogP contribution in [0.4, 0.5) is 0 Å². The van der Waals surface area contributed by atoms with E-state index >= 15 is 0 Å². The molecule has 4 nitrogen and oxygen atoms in total. The first kappa shape index (κ1) is 16.4. The number of nitrogens with zero attached hydrogens (tertiary/aromatic N) is 1. The second-order valence-electron chi connectivity index (χ2n) is 6.53. The molecule has 19 heavy (non-hydrogen) atoms. The molecule has 0 aliphatic carbocycles. The van der Waals surface area contributed by atoms with Gasteiger partial charge in [0.05, 0.1) is 6.61 Å². The first-order valence-corrected chi connectivity index (χ1v) is 7.44. The van der Waals surface area contributed by atoms with Crippen molar-refractivity contribution in [1.29, 1.82) is 0 Å². The van der Waals surface area contributed by atoms with Crippen LogP contribution in [0.15, 0.2) is 0 Å². The predicted molar refractivity (Wildman–Crippen MR) is 78.1 cm³/mol. The van der Waals surface area contributed by atoms with Gasteiger partial charge in [0.15, 0.2) is 0 Å². The summed E-state index contributed by atoms with van der Waals surface area (Å²) in [5.74, 6) is 0.639. The van der Waals surface area contributed by atoms with Crippen molar-refractivity contribution in [2.45, 2.75) is 46.6 Å². The van der Waals surface area contributed by atoms with Crippen molar-refractivity contribution in [3.05, 3.63) is 0 Å². The molecular formula is C15H30N2O2. The van der Waals surface area contributed by atoms with Crippen LogP contribution in [-0.2, 0) is 9.53 Å². The minimum atomic E-state index is -0.173. The normalized spacial score (nSPS) is 22.5. The lowest BCUT2D eigenvalue weighted by Crippen LogP contribution is -2.39. The SMILES string of the molecule is CCOC(=O)C(CCN1CCC(C(C)(C)C)C1)NC. The minimum absolute atomic E-state index is 0.128. The van der Waals surface area contributed by atoms with Crippen LogP contribution in [0.5, 0.6) is 0 Å². The van der Waals surface area contributed by atoms with Crippen LogP contribution in [0.1, 0.15) is 40.5 Å². The summed E-state index contributed by atoms with van der Waals surface area (Å²) in [4.78, 5) is 14.2. The predicted octanol–water partition coefficient (Wildman–Crippen LogP) is 1.90. The molecule has 1 aliphatic heterocycles. The fourth-order valence-electron chi connectivity index (χ4n) is 2.68. The molecular weight excluding hydrogens is 240 g/mol. The van der Waals surface area contributed by atoms with E-state index in [1.807, 2.05) is 14.0 Å². The van der Waals surface area contributed by atoms with Crippen LogP contribution in [0.25, 0.3) is 0 Å². The second-order valence-corrected chi connectivity index (χ2v) is 6.53. The lowest BCUT2D eigenvalue weighted by molar-refractivity contribution is -0.145. The van der Waals surface area contributed by atoms with Gasteiger partial charge in [-0.3, -0.25) is 4.79 Å². The maximum atomic E-state index is 11.7. The lowest BCUT2D eigenvalue weighted by Gasteiger charge is -2.27. The van der Waals surface area contributed by atoms with Gasteiger partial charge >= 0.3 is 5.97 Å². The number of hydrogen-bond acceptors (Lipinski definition) is 4. The molecule has 0 saturated carbocycles. The van der Waals surface area contributed by atoms with Gasteiger partial charge < -0.3 is 15.0 Å². The zero-order chi connectivity index (χ0) is 14.5. The van der Waals surface area contributed by atoms with Crippen LogP contribution in [-0.4, -0.2) is 50.2 Å². The Kier molecular flexibility index (Phi) is 6.27. The maximum Gasteiger partial charge on any atom is 0.323 e. The van der Waals surface area contributed by atoms with E-state index in [0.717, 1.165) is 32.0 Å². The number of likely N-dealkylation sites (tertiary alicyclic amines) is 1. The second kappa shape index (κ2) is 7.25. The molecule has 1 heterocycles. The lowest BCUT2D eigenvalue weighted by atomic mass is 9.80. The molecule has 4 heteroatoms. The molecule has 1 rings (SSSR count). The number of esters is 1. The van der Waals surface area contributed by atoms with E-state index < -0.39 is 0 Å². The van der Waals surface area contributed by atoms with Gasteiger partial charge in [0.1, 0.15) is 6.04 Å². The van der Waals surface area contributed by atoms with Crippen molar-refractivity contribution in [2.24, 2.45) is 11.3 Å². The summed E-state index contributed by atoms with van der Waals surface area (Å²) in [5, 5.41) is 3.05. The highest BCUT2D eigenvalue weighted by Gasteiger charge is 2.32. The van der Waals surface area contributed by atoms with Crippen molar-refractivity contribution in [1.82, 2.24) is 10.2 Å². The van der Waals surface area contributed by atoms with Crippen LogP contribution < -0.4 is 5.32 Å². The molecule has 0 aromatic heterocycles. The Hall–Kier alpha value is -0.610. The highest BCUT2D eigenvalue weighted by molar-refractivity contribution is 5.75. The Bertz CT molecular complexity index is 286. The van der Waals surface area contributed by atoms with Crippen LogP contribution in [0.3, 0.4) is 0 Å². The number of nitrogens with one attached hydrogen (secondary N) is 1. The Morgan fingerprint density at radius 3 is 2.63 bits per heavy atom. The van der Waals surface area contributed by atoms with Crippen LogP contribution >= 0.6 is 0 Å². The maximum absolute atomic E-state index is 11.7. The third kappa shape index (κ3) is 5.11. The summed E-state index contributed by atoms with van der Waals surface area (Å²) in [6, 6.07) is -0.173. The number of likely N-dealkylation sites (N-methyl/N-ethyl adjacent to an activating group) is 1. The molecule has 0 amide bonds. The Morgan fingerprint density at radius 1 is 1.47 bits per heavy atom. The molecule has 0 bridgehead atoms. The summed E-state index contributed by atoms with van der Waals surface area (Å²) >= 11 is 0. The van der Waals surface area contributed by atoms with E-state index in [1.54, 1.807) is 0 Å². The number of ether oxygens (including phenoxy) is 1. The molecule has 2 unspecified atom stereocenters. The van der Waals surface area contributed by atoms with Crippen LogP contribution in [0, 0.1) is 11.3 Å². The molecule has 0 aromatic carbocycles. The third-order valence-electron chi connectivity index (χ3n) is 4.15. The van der Waals surface area contributed by atoms with Crippen molar-refractivity contribution >= 4 is 5.97 Å². The molecule has 2 atom stereocenters. The molecule has 0 spiro atoms. The van der Waals surface area contributed by atoms with Gasteiger partial charge in [0.25, 0.3) is 0 Å². The minimum Gasteiger partial charge on any atom is -0.465 e. The molecule has 1 aliphatic rings. The zero-order valence-electron chi connectivity index (χ0n) is 13.2. The van der Waals surface area contributed by atoms with Crippen molar-refractivity contribution in [3.8, 4) is 0 Å². The first-order chi connectivity index (χ1) is 8.88. The number of carbonyl (C=O) groups excluding carboxylic acids is 1. The van der Waals surface area contributed by atoms with E-state index in [9.17, 15) is 4.79 Å². The van der Waals surface area contributed by atoms with Crippen LogP contribution in [0.2, 0.25) is 0 Å². The molecule has 1 N–H and O–H groups in total. The Morgan fingerprint density at radius 2 is 2.16 bits per heavy atom. The topological polar surface area (TPSA) is 41.6 Å². The number of hydrogen-bond donors (Lipinski definition) is 1. The number of carbonyl (C=O) groups is 1. The van der Waals surface area contributed by atoms with Gasteiger partial charge in [-0.1, -0.05) is 20.8 Å². The van der Waals surface area contributed by atoms with E-state index in [2.05, 4.69) is 31.0 Å². The highest BCUT2D eigenvalue weighted by Crippen LogP contribution is 2.33. The Labute approximate surface area is 117 Å². The Balaban J connectivity index is 2.35. The van der Waals surface area contributed by atoms with Crippen molar-refractivity contribution in [3.63, 3.8) is 0 Å². The highest BCUT2D eigenvalue weighted by atomic mass is 16.5. The average Bonchev–Trinajstić information content (AvgIpc) is 2.78. The summed E-state index contributed by atoms with van der Waals surface area (Å²) in [6.45, 7) is 12.5. The molecule has 1 fully saturated rings. The largest absolute Gasteiger partial charge is 0.465 e. The molecule has 1 saturated heterocycles. The molecule has 112 valence electrons. The summed E-state index contributed by atoms with van der Waals surface area (Å²) in [5.41, 5.74) is 0.387. The van der Waals surface area contributed by atoms with Gasteiger partial charge in [-0.25, -0.2) is 0 Å². The van der Waals surface area contributed by atoms with Gasteiger partial charge in [0.2, 0.25) is 0 Å². The third-order valence-corrected chi connectivity index (χ3v) is 4.15. The van der Waals surface area contributed by atoms with Gasteiger partial charge in [-0.15, -0.1) is 0 Å². The summed E-state index contributed by atoms with van der Waals surface area (Å²) < 4.78 is 5.07. The average molecular weight is 270 g/mol. The quantitative estimate of drug-likeness (QED) is 0.749. The fraction of sp³-hybridized carbons (Fsp3) is 0.933. The van der Waals surface area contributed by atoms with E-state index in [0.29, 0.717) is 12.0 Å². The monoisotopic (exact) mass is 270 g/mol. The van der Waals surface area contributed by atoms with Crippen molar-refractivity contribution < 1.29 is 9.53 Å². The first-order valence-electron chi connectivity index (χ1n) is 7.44.